The van der Waals surface area contributed by atoms with E-state index >= 15 is 0 Å². The van der Waals surface area contributed by atoms with E-state index in [2.05, 4.69) is 5.32 Å². The van der Waals surface area contributed by atoms with Gasteiger partial charge in [-0.15, -0.1) is 0 Å². The molecule has 2 rings (SSSR count). The summed E-state index contributed by atoms with van der Waals surface area (Å²) in [6.45, 7) is 0.818. The minimum absolute atomic E-state index is 0.0300. The van der Waals surface area contributed by atoms with Gasteiger partial charge in [-0.05, 0) is 24.9 Å². The molecule has 1 fully saturated rings. The summed E-state index contributed by atoms with van der Waals surface area (Å²) < 4.78 is 13.2. The minimum Gasteiger partial charge on any atom is -0.311 e. The molecule has 70 valence electrons. The van der Waals surface area contributed by atoms with Crippen LogP contribution in [0.2, 0.25) is 0 Å². The molecule has 0 bridgehead atoms. The average molecular weight is 179 g/mol. The molecular formula is C11H14FN. The predicted molar refractivity (Wildman–Crippen MR) is 51.4 cm³/mol. The Hall–Kier alpha value is -0.890. The summed E-state index contributed by atoms with van der Waals surface area (Å²) in [5.41, 5.74) is 1.21. The van der Waals surface area contributed by atoms with Crippen LogP contribution in [0.25, 0.3) is 0 Å². The Kier molecular flexibility index (Phi) is 2.60. The molecule has 0 saturated carbocycles. The van der Waals surface area contributed by atoms with Crippen molar-refractivity contribution in [1.29, 1.82) is 0 Å². The number of hydrogen-bond acceptors (Lipinski definition) is 1. The molecule has 1 nitrogen and oxygen atoms in total. The first-order valence-electron chi connectivity index (χ1n) is 4.77. The number of benzene rings is 1. The second kappa shape index (κ2) is 3.88. The summed E-state index contributed by atoms with van der Waals surface area (Å²) in [5.74, 6) is 0. The first kappa shape index (κ1) is 8.70. The zero-order chi connectivity index (χ0) is 9.10. The lowest BCUT2D eigenvalue weighted by atomic mass is 10.0. The van der Waals surface area contributed by atoms with Crippen molar-refractivity contribution in [1.82, 2.24) is 5.32 Å². The molecule has 1 aliphatic heterocycles. The maximum Gasteiger partial charge on any atom is 0.117 e. The third kappa shape index (κ3) is 2.07. The monoisotopic (exact) mass is 179 g/mol. The SMILES string of the molecule is F[C@@H]1CCN[C@H]1Cc1ccccc1. The highest BCUT2D eigenvalue weighted by Crippen LogP contribution is 2.15. The summed E-state index contributed by atoms with van der Waals surface area (Å²) in [7, 11) is 0. The van der Waals surface area contributed by atoms with Crippen LogP contribution in [0.15, 0.2) is 30.3 Å². The summed E-state index contributed by atoms with van der Waals surface area (Å²) in [5, 5.41) is 3.18. The number of nitrogens with one attached hydrogen (secondary N) is 1. The Morgan fingerprint density at radius 1 is 1.31 bits per heavy atom. The van der Waals surface area contributed by atoms with Crippen molar-refractivity contribution in [3.63, 3.8) is 0 Å². The van der Waals surface area contributed by atoms with E-state index in [0.717, 1.165) is 13.0 Å². The number of halogens is 1. The van der Waals surface area contributed by atoms with Gasteiger partial charge in [0.15, 0.2) is 0 Å². The zero-order valence-corrected chi connectivity index (χ0v) is 7.54. The van der Waals surface area contributed by atoms with Crippen molar-refractivity contribution >= 4 is 0 Å². The number of rotatable bonds is 2. The van der Waals surface area contributed by atoms with Gasteiger partial charge in [0.2, 0.25) is 0 Å². The molecule has 1 aromatic carbocycles. The van der Waals surface area contributed by atoms with Gasteiger partial charge < -0.3 is 5.32 Å². The van der Waals surface area contributed by atoms with Gasteiger partial charge in [0, 0.05) is 6.04 Å². The van der Waals surface area contributed by atoms with E-state index in [1.54, 1.807) is 0 Å². The van der Waals surface area contributed by atoms with E-state index in [4.69, 9.17) is 0 Å². The molecule has 1 aliphatic rings. The third-order valence-corrected chi connectivity index (χ3v) is 2.56. The Morgan fingerprint density at radius 2 is 2.08 bits per heavy atom. The second-order valence-corrected chi connectivity index (χ2v) is 3.56. The van der Waals surface area contributed by atoms with E-state index in [0.29, 0.717) is 6.42 Å². The fourth-order valence-corrected chi connectivity index (χ4v) is 1.80. The number of alkyl halides is 1. The van der Waals surface area contributed by atoms with E-state index < -0.39 is 6.17 Å². The molecule has 1 heterocycles. The Bertz CT molecular complexity index is 260. The summed E-state index contributed by atoms with van der Waals surface area (Å²) >= 11 is 0. The molecule has 1 N–H and O–H groups in total. The Morgan fingerprint density at radius 3 is 2.69 bits per heavy atom. The average Bonchev–Trinajstić information content (AvgIpc) is 2.54. The fraction of sp³-hybridized carbons (Fsp3) is 0.455. The second-order valence-electron chi connectivity index (χ2n) is 3.56. The van der Waals surface area contributed by atoms with Crippen LogP contribution in [0, 0.1) is 0 Å². The van der Waals surface area contributed by atoms with Crippen LogP contribution >= 0.6 is 0 Å². The van der Waals surface area contributed by atoms with Gasteiger partial charge in [-0.25, -0.2) is 4.39 Å². The largest absolute Gasteiger partial charge is 0.311 e. The van der Waals surface area contributed by atoms with Crippen LogP contribution in [0.1, 0.15) is 12.0 Å². The predicted octanol–water partition coefficient (Wildman–Crippen LogP) is 1.93. The molecule has 0 aliphatic carbocycles. The Labute approximate surface area is 78.0 Å². The maximum absolute atomic E-state index is 13.2. The first-order chi connectivity index (χ1) is 6.36. The van der Waals surface area contributed by atoms with Crippen molar-refractivity contribution in [2.45, 2.75) is 25.1 Å². The van der Waals surface area contributed by atoms with Gasteiger partial charge in [0.05, 0.1) is 0 Å². The highest BCUT2D eigenvalue weighted by atomic mass is 19.1. The van der Waals surface area contributed by atoms with Crippen LogP contribution in [0.4, 0.5) is 4.39 Å². The lowest BCUT2D eigenvalue weighted by Gasteiger charge is -2.12. The molecule has 1 saturated heterocycles. The minimum atomic E-state index is -0.666. The van der Waals surface area contributed by atoms with Crippen LogP contribution in [-0.2, 0) is 6.42 Å². The van der Waals surface area contributed by atoms with Gasteiger partial charge in [-0.1, -0.05) is 30.3 Å². The van der Waals surface area contributed by atoms with Crippen molar-refractivity contribution in [2.24, 2.45) is 0 Å². The van der Waals surface area contributed by atoms with Crippen LogP contribution in [0.3, 0.4) is 0 Å². The van der Waals surface area contributed by atoms with Crippen molar-refractivity contribution in [3.05, 3.63) is 35.9 Å². The number of hydrogen-bond donors (Lipinski definition) is 1. The summed E-state index contributed by atoms with van der Waals surface area (Å²) in [6, 6.07) is 10.1. The molecule has 0 radical (unpaired) electrons. The quantitative estimate of drug-likeness (QED) is 0.731. The lowest BCUT2D eigenvalue weighted by molar-refractivity contribution is 0.299. The standard InChI is InChI=1S/C11H14FN/c12-10-6-7-13-11(10)8-9-4-2-1-3-5-9/h1-5,10-11,13H,6-8H2/t10-,11+/m1/s1. The van der Waals surface area contributed by atoms with E-state index in [9.17, 15) is 4.39 Å². The molecule has 0 spiro atoms. The maximum atomic E-state index is 13.2. The zero-order valence-electron chi connectivity index (χ0n) is 7.54. The van der Waals surface area contributed by atoms with Crippen molar-refractivity contribution in [3.8, 4) is 0 Å². The first-order valence-corrected chi connectivity index (χ1v) is 4.77. The molecule has 0 amide bonds. The Balaban J connectivity index is 1.98. The van der Waals surface area contributed by atoms with Gasteiger partial charge in [0.25, 0.3) is 0 Å². The van der Waals surface area contributed by atoms with Crippen LogP contribution in [-0.4, -0.2) is 18.8 Å². The molecular weight excluding hydrogens is 165 g/mol. The smallest absolute Gasteiger partial charge is 0.117 e. The highest BCUT2D eigenvalue weighted by Gasteiger charge is 2.25. The summed E-state index contributed by atoms with van der Waals surface area (Å²) in [6.07, 6.45) is 0.805. The molecule has 2 atom stereocenters. The normalized spacial score (nSPS) is 27.8. The highest BCUT2D eigenvalue weighted by molar-refractivity contribution is 5.16. The van der Waals surface area contributed by atoms with E-state index in [1.165, 1.54) is 5.56 Å². The summed E-state index contributed by atoms with van der Waals surface area (Å²) in [4.78, 5) is 0. The van der Waals surface area contributed by atoms with Crippen LogP contribution in [0.5, 0.6) is 0 Å². The van der Waals surface area contributed by atoms with Gasteiger partial charge in [0.1, 0.15) is 6.17 Å². The van der Waals surface area contributed by atoms with Gasteiger partial charge in [-0.2, -0.15) is 0 Å². The van der Waals surface area contributed by atoms with E-state index in [1.807, 2.05) is 30.3 Å². The fourth-order valence-electron chi connectivity index (χ4n) is 1.80. The molecule has 2 heteroatoms. The third-order valence-electron chi connectivity index (χ3n) is 2.56. The molecule has 1 aromatic rings. The van der Waals surface area contributed by atoms with Gasteiger partial charge in [-0.3, -0.25) is 0 Å². The topological polar surface area (TPSA) is 12.0 Å². The molecule has 0 aromatic heterocycles. The molecule has 13 heavy (non-hydrogen) atoms. The van der Waals surface area contributed by atoms with E-state index in [-0.39, 0.29) is 6.04 Å². The van der Waals surface area contributed by atoms with Crippen molar-refractivity contribution in [2.75, 3.05) is 6.54 Å². The van der Waals surface area contributed by atoms with Crippen LogP contribution < -0.4 is 5.32 Å². The van der Waals surface area contributed by atoms with Crippen molar-refractivity contribution < 1.29 is 4.39 Å². The van der Waals surface area contributed by atoms with Gasteiger partial charge >= 0.3 is 0 Å². The molecule has 0 unspecified atom stereocenters. The lowest BCUT2D eigenvalue weighted by Crippen LogP contribution is -2.30.